The van der Waals surface area contributed by atoms with Crippen LogP contribution in [0.4, 0.5) is 5.69 Å². The fraction of sp³-hybridized carbons (Fsp3) is 0.636. The number of rotatable bonds is 6. The lowest BCUT2D eigenvalue weighted by atomic mass is 9.84. The highest BCUT2D eigenvalue weighted by molar-refractivity contribution is 5.80. The van der Waals surface area contributed by atoms with Crippen LogP contribution in [-0.2, 0) is 9.59 Å². The number of carbonyl (C=O) groups is 2. The van der Waals surface area contributed by atoms with E-state index in [-0.39, 0.29) is 23.8 Å². The van der Waals surface area contributed by atoms with E-state index in [1.807, 2.05) is 23.1 Å². The van der Waals surface area contributed by atoms with Crippen molar-refractivity contribution in [2.45, 2.75) is 38.1 Å². The third kappa shape index (κ3) is 4.02. The van der Waals surface area contributed by atoms with E-state index in [0.29, 0.717) is 31.2 Å². The monoisotopic (exact) mass is 384 g/mol. The Morgan fingerprint density at radius 1 is 1.04 bits per heavy atom. The first-order valence-corrected chi connectivity index (χ1v) is 10.7. The number of anilines is 1. The number of nitrogens with two attached hydrogens (primary N) is 1. The van der Waals surface area contributed by atoms with Gasteiger partial charge in [0.25, 0.3) is 0 Å². The molecule has 0 radical (unpaired) electrons. The Morgan fingerprint density at radius 2 is 1.75 bits per heavy atom. The summed E-state index contributed by atoms with van der Waals surface area (Å²) in [6, 6.07) is 10.4. The molecule has 28 heavy (non-hydrogen) atoms. The number of hydrogen-bond donors (Lipinski definition) is 2. The van der Waals surface area contributed by atoms with Crippen molar-refractivity contribution in [3.8, 4) is 0 Å². The van der Waals surface area contributed by atoms with Crippen molar-refractivity contribution in [1.29, 1.82) is 0 Å². The van der Waals surface area contributed by atoms with Gasteiger partial charge < -0.3 is 20.9 Å². The van der Waals surface area contributed by atoms with E-state index >= 15 is 0 Å². The van der Waals surface area contributed by atoms with Gasteiger partial charge in [-0.1, -0.05) is 18.2 Å². The fourth-order valence-corrected chi connectivity index (χ4v) is 5.30. The summed E-state index contributed by atoms with van der Waals surface area (Å²) in [6.07, 6.45) is 4.63. The molecule has 152 valence electrons. The number of piperazine rings is 1. The second-order valence-corrected chi connectivity index (χ2v) is 8.53. The quantitative estimate of drug-likeness (QED) is 0.731. The Kier molecular flexibility index (Phi) is 5.85. The topological polar surface area (TPSA) is 78.7 Å². The molecule has 0 spiro atoms. The second kappa shape index (κ2) is 8.52. The predicted octanol–water partition coefficient (Wildman–Crippen LogP) is 1.60. The highest BCUT2D eigenvalue weighted by Gasteiger charge is 2.48. The van der Waals surface area contributed by atoms with Gasteiger partial charge in [-0.2, -0.15) is 0 Å². The van der Waals surface area contributed by atoms with Crippen molar-refractivity contribution >= 4 is 17.5 Å². The number of fused-ring (bicyclic) bond motifs is 2. The van der Waals surface area contributed by atoms with Crippen LogP contribution in [0.3, 0.4) is 0 Å². The summed E-state index contributed by atoms with van der Waals surface area (Å²) < 4.78 is 0. The van der Waals surface area contributed by atoms with Gasteiger partial charge in [0.15, 0.2) is 0 Å². The van der Waals surface area contributed by atoms with E-state index in [1.165, 1.54) is 12.1 Å². The number of carbonyl (C=O) groups excluding carboxylic acids is 2. The second-order valence-electron chi connectivity index (χ2n) is 8.53. The maximum absolute atomic E-state index is 12.5. The van der Waals surface area contributed by atoms with Gasteiger partial charge in [0, 0.05) is 50.9 Å². The first kappa shape index (κ1) is 19.2. The van der Waals surface area contributed by atoms with Crippen LogP contribution < -0.4 is 16.0 Å². The van der Waals surface area contributed by atoms with Crippen LogP contribution in [0.5, 0.6) is 0 Å². The molecule has 3 fully saturated rings. The molecule has 3 aliphatic rings. The van der Waals surface area contributed by atoms with E-state index in [2.05, 4.69) is 22.3 Å². The number of nitrogens with zero attached hydrogens (tertiary/aromatic N) is 2. The summed E-state index contributed by atoms with van der Waals surface area (Å²) in [7, 11) is 0. The summed E-state index contributed by atoms with van der Waals surface area (Å²) in [5.41, 5.74) is 7.46. The Balaban J connectivity index is 1.14. The minimum Gasteiger partial charge on any atom is -0.368 e. The van der Waals surface area contributed by atoms with Crippen molar-refractivity contribution in [2.24, 2.45) is 23.5 Å². The van der Waals surface area contributed by atoms with Gasteiger partial charge in [-0.25, -0.2) is 0 Å². The molecule has 4 unspecified atom stereocenters. The lowest BCUT2D eigenvalue weighted by molar-refractivity contribution is -0.132. The number of para-hydroxylation sites is 1. The average Bonchev–Trinajstić information content (AvgIpc) is 3.33. The van der Waals surface area contributed by atoms with Gasteiger partial charge in [0.2, 0.25) is 11.8 Å². The molecule has 1 heterocycles. The highest BCUT2D eigenvalue weighted by atomic mass is 16.2. The maximum Gasteiger partial charge on any atom is 0.224 e. The van der Waals surface area contributed by atoms with E-state index in [1.54, 1.807) is 0 Å². The van der Waals surface area contributed by atoms with E-state index in [0.717, 1.165) is 39.0 Å². The molecule has 2 aliphatic carbocycles. The Labute approximate surface area is 167 Å². The van der Waals surface area contributed by atoms with Gasteiger partial charge in [-0.15, -0.1) is 0 Å². The average molecular weight is 385 g/mol. The van der Waals surface area contributed by atoms with E-state index in [9.17, 15) is 9.59 Å². The number of benzene rings is 1. The molecule has 1 aromatic carbocycles. The molecule has 4 rings (SSSR count). The van der Waals surface area contributed by atoms with Gasteiger partial charge in [0.05, 0.1) is 5.92 Å². The molecule has 4 atom stereocenters. The van der Waals surface area contributed by atoms with Crippen molar-refractivity contribution < 1.29 is 9.59 Å². The molecular weight excluding hydrogens is 352 g/mol. The van der Waals surface area contributed by atoms with Crippen LogP contribution >= 0.6 is 0 Å². The van der Waals surface area contributed by atoms with E-state index < -0.39 is 0 Å². The van der Waals surface area contributed by atoms with Crippen molar-refractivity contribution in [2.75, 3.05) is 37.6 Å². The van der Waals surface area contributed by atoms with Crippen LogP contribution in [0.25, 0.3) is 0 Å². The van der Waals surface area contributed by atoms with Crippen molar-refractivity contribution in [3.63, 3.8) is 0 Å². The third-order valence-corrected chi connectivity index (χ3v) is 6.90. The van der Waals surface area contributed by atoms with Gasteiger partial charge in [-0.05, 0) is 49.7 Å². The molecule has 0 aromatic heterocycles. The number of hydrogen-bond acceptors (Lipinski definition) is 4. The lowest BCUT2D eigenvalue weighted by Crippen LogP contribution is -2.49. The summed E-state index contributed by atoms with van der Waals surface area (Å²) in [5.74, 6) is 1.29. The molecule has 2 saturated carbocycles. The first-order valence-electron chi connectivity index (χ1n) is 10.7. The summed E-state index contributed by atoms with van der Waals surface area (Å²) >= 11 is 0. The fourth-order valence-electron chi connectivity index (χ4n) is 5.30. The van der Waals surface area contributed by atoms with Crippen LogP contribution in [0.1, 0.15) is 32.1 Å². The zero-order valence-corrected chi connectivity index (χ0v) is 16.6. The zero-order chi connectivity index (χ0) is 19.5. The van der Waals surface area contributed by atoms with Crippen LogP contribution in [-0.4, -0.2) is 55.5 Å². The Bertz CT molecular complexity index is 685. The number of amides is 2. The first-order chi connectivity index (χ1) is 13.6. The Morgan fingerprint density at radius 3 is 2.43 bits per heavy atom. The van der Waals surface area contributed by atoms with Crippen molar-refractivity contribution in [1.82, 2.24) is 10.2 Å². The SMILES string of the molecule is NC1C2CCC(C2)C1C(=O)NCCCC(=O)N1CCN(c2ccccc2)CC1. The van der Waals surface area contributed by atoms with Crippen LogP contribution in [0, 0.1) is 17.8 Å². The largest absolute Gasteiger partial charge is 0.368 e. The zero-order valence-electron chi connectivity index (χ0n) is 16.6. The molecule has 1 saturated heterocycles. The molecule has 6 heteroatoms. The third-order valence-electron chi connectivity index (χ3n) is 6.90. The Hall–Kier alpha value is -2.08. The summed E-state index contributed by atoms with van der Waals surface area (Å²) in [5, 5.41) is 3.03. The molecule has 1 aliphatic heterocycles. The number of nitrogens with one attached hydrogen (secondary N) is 1. The summed E-state index contributed by atoms with van der Waals surface area (Å²) in [6.45, 7) is 3.83. The predicted molar refractivity (Wildman–Crippen MR) is 110 cm³/mol. The minimum absolute atomic E-state index is 0.0134. The smallest absolute Gasteiger partial charge is 0.224 e. The maximum atomic E-state index is 12.5. The van der Waals surface area contributed by atoms with E-state index in [4.69, 9.17) is 5.73 Å². The standard InChI is InChI=1S/C22H32N4O2/c23-21-17-9-8-16(15-17)20(21)22(28)24-10-4-7-19(27)26-13-11-25(12-14-26)18-5-2-1-3-6-18/h1-3,5-6,16-17,20-21H,4,7-15,23H2,(H,24,28). The molecule has 2 bridgehead atoms. The van der Waals surface area contributed by atoms with Gasteiger partial charge in [0.1, 0.15) is 0 Å². The van der Waals surface area contributed by atoms with Gasteiger partial charge in [-0.3, -0.25) is 9.59 Å². The molecule has 1 aromatic rings. The summed E-state index contributed by atoms with van der Waals surface area (Å²) in [4.78, 5) is 29.2. The normalized spacial score (nSPS) is 29.2. The highest BCUT2D eigenvalue weighted by Crippen LogP contribution is 2.47. The van der Waals surface area contributed by atoms with Crippen LogP contribution in [0.2, 0.25) is 0 Å². The minimum atomic E-state index is -0.0134. The molecule has 6 nitrogen and oxygen atoms in total. The molecular formula is C22H32N4O2. The van der Waals surface area contributed by atoms with Crippen LogP contribution in [0.15, 0.2) is 30.3 Å². The van der Waals surface area contributed by atoms with Crippen molar-refractivity contribution in [3.05, 3.63) is 30.3 Å². The molecule has 3 N–H and O–H groups in total. The molecule has 2 amide bonds. The lowest BCUT2D eigenvalue weighted by Gasteiger charge is -2.36. The van der Waals surface area contributed by atoms with Gasteiger partial charge >= 0.3 is 0 Å².